The molecular weight excluding hydrogens is 416 g/mol. The fourth-order valence-corrected chi connectivity index (χ4v) is 4.30. The van der Waals surface area contributed by atoms with E-state index in [1.165, 1.54) is 13.2 Å². The highest BCUT2D eigenvalue weighted by Crippen LogP contribution is 2.39. The highest BCUT2D eigenvalue weighted by Gasteiger charge is 2.35. The van der Waals surface area contributed by atoms with Crippen LogP contribution in [0.5, 0.6) is 0 Å². The molecule has 1 unspecified atom stereocenters. The predicted molar refractivity (Wildman–Crippen MR) is 121 cm³/mol. The lowest BCUT2D eigenvalue weighted by Gasteiger charge is -2.40. The predicted octanol–water partition coefficient (Wildman–Crippen LogP) is 4.25. The van der Waals surface area contributed by atoms with Gasteiger partial charge in [-0.1, -0.05) is 25.1 Å². The minimum absolute atomic E-state index is 0.103. The van der Waals surface area contributed by atoms with Gasteiger partial charge in [-0.05, 0) is 55.7 Å². The van der Waals surface area contributed by atoms with Gasteiger partial charge in [0.15, 0.2) is 9.84 Å². The molecule has 2 atom stereocenters. The van der Waals surface area contributed by atoms with Crippen molar-refractivity contribution in [3.05, 3.63) is 42.5 Å². The van der Waals surface area contributed by atoms with Crippen LogP contribution in [0.1, 0.15) is 34.1 Å². The molecule has 0 spiro atoms. The smallest absolute Gasteiger partial charge is 0.414 e. The van der Waals surface area contributed by atoms with E-state index in [0.717, 1.165) is 11.1 Å². The van der Waals surface area contributed by atoms with Gasteiger partial charge in [0.1, 0.15) is 6.10 Å². The third kappa shape index (κ3) is 4.74. The fraction of sp³-hybridized carbons (Fsp3) is 0.391. The van der Waals surface area contributed by atoms with Crippen LogP contribution in [0.2, 0.25) is 0 Å². The Hall–Kier alpha value is -2.87. The average molecular weight is 445 g/mol. The fourth-order valence-electron chi connectivity index (χ4n) is 3.67. The van der Waals surface area contributed by atoms with Crippen LogP contribution in [0.25, 0.3) is 11.1 Å². The van der Waals surface area contributed by atoms with Crippen molar-refractivity contribution >= 4 is 33.2 Å². The molecule has 1 aliphatic heterocycles. The lowest BCUT2D eigenvalue weighted by Crippen LogP contribution is -2.51. The van der Waals surface area contributed by atoms with E-state index in [0.29, 0.717) is 24.3 Å². The molecule has 0 radical (unpaired) electrons. The average Bonchev–Trinajstić information content (AvgIpc) is 2.71. The van der Waals surface area contributed by atoms with Gasteiger partial charge in [0, 0.05) is 19.7 Å². The molecule has 2 aromatic rings. The number of ether oxygens (including phenoxy) is 1. The quantitative estimate of drug-likeness (QED) is 0.704. The number of sulfone groups is 1. The van der Waals surface area contributed by atoms with E-state index in [4.69, 9.17) is 4.74 Å². The summed E-state index contributed by atoms with van der Waals surface area (Å²) in [4.78, 5) is 28.7. The third-order valence-corrected chi connectivity index (χ3v) is 6.59. The second-order valence-corrected chi connectivity index (χ2v) is 9.97. The molecule has 1 heterocycles. The van der Waals surface area contributed by atoms with Crippen molar-refractivity contribution in [1.29, 1.82) is 0 Å². The van der Waals surface area contributed by atoms with Gasteiger partial charge in [-0.2, -0.15) is 0 Å². The zero-order chi connectivity index (χ0) is 22.9. The van der Waals surface area contributed by atoms with Gasteiger partial charge >= 0.3 is 6.09 Å². The summed E-state index contributed by atoms with van der Waals surface area (Å²) in [5.41, 5.74) is 2.84. The Kier molecular flexibility index (Phi) is 6.40. The first-order chi connectivity index (χ1) is 14.5. The van der Waals surface area contributed by atoms with Crippen molar-refractivity contribution in [2.24, 2.45) is 0 Å². The Morgan fingerprint density at radius 1 is 1.10 bits per heavy atom. The van der Waals surface area contributed by atoms with Gasteiger partial charge in [-0.25, -0.2) is 13.2 Å². The van der Waals surface area contributed by atoms with Crippen LogP contribution in [0, 0.1) is 0 Å². The number of hydrogen-bond acceptors (Lipinski definition) is 5. The molecule has 0 saturated carbocycles. The summed E-state index contributed by atoms with van der Waals surface area (Å²) in [7, 11) is -3.29. The second kappa shape index (κ2) is 8.70. The van der Waals surface area contributed by atoms with E-state index in [2.05, 4.69) is 0 Å². The van der Waals surface area contributed by atoms with Crippen LogP contribution in [0.4, 0.5) is 16.2 Å². The first kappa shape index (κ1) is 22.8. The van der Waals surface area contributed by atoms with Crippen molar-refractivity contribution in [3.8, 4) is 11.1 Å². The lowest BCUT2D eigenvalue weighted by molar-refractivity contribution is -0.117. The molecule has 0 N–H and O–H groups in total. The minimum Gasteiger partial charge on any atom is -0.446 e. The van der Waals surface area contributed by atoms with Crippen LogP contribution in [-0.4, -0.2) is 45.4 Å². The summed E-state index contributed by atoms with van der Waals surface area (Å²) in [6.07, 6.45) is 1.20. The second-order valence-electron chi connectivity index (χ2n) is 7.95. The zero-order valence-electron chi connectivity index (χ0n) is 18.5. The van der Waals surface area contributed by atoms with Gasteiger partial charge in [-0.15, -0.1) is 0 Å². The summed E-state index contributed by atoms with van der Waals surface area (Å²) >= 11 is 0. The first-order valence-electron chi connectivity index (χ1n) is 10.3. The topological polar surface area (TPSA) is 84.0 Å². The van der Waals surface area contributed by atoms with E-state index in [1.54, 1.807) is 34.1 Å². The summed E-state index contributed by atoms with van der Waals surface area (Å²) in [5.74, 6) is -0.103. The molecule has 7 nitrogen and oxygen atoms in total. The van der Waals surface area contributed by atoms with Crippen molar-refractivity contribution in [2.75, 3.05) is 22.6 Å². The van der Waals surface area contributed by atoms with Gasteiger partial charge in [0.2, 0.25) is 5.91 Å². The number of amides is 2. The van der Waals surface area contributed by atoms with Crippen molar-refractivity contribution in [3.63, 3.8) is 0 Å². The molecule has 31 heavy (non-hydrogen) atoms. The number of anilines is 2. The van der Waals surface area contributed by atoms with E-state index in [1.807, 2.05) is 39.0 Å². The van der Waals surface area contributed by atoms with Gasteiger partial charge in [-0.3, -0.25) is 9.69 Å². The standard InChI is InChI=1S/C23H28N2O5S/c1-6-16(3)30-23(27)24-14-15(2)25(17(4)26)21-12-9-19(13-22(21)24)18-7-10-20(11-8-18)31(5,28)29/h7-13,15-16H,6,14H2,1-5H3/t15-,16?/m0/s1. The monoisotopic (exact) mass is 444 g/mol. The maximum atomic E-state index is 12.9. The minimum atomic E-state index is -3.29. The summed E-state index contributed by atoms with van der Waals surface area (Å²) in [6.45, 7) is 7.50. The number of rotatable bonds is 4. The number of carbonyl (C=O) groups is 2. The molecule has 166 valence electrons. The zero-order valence-corrected chi connectivity index (χ0v) is 19.3. The molecule has 3 rings (SSSR count). The van der Waals surface area contributed by atoms with Crippen LogP contribution < -0.4 is 9.80 Å². The van der Waals surface area contributed by atoms with Gasteiger partial charge in [0.05, 0.1) is 22.3 Å². The molecular formula is C23H28N2O5S. The lowest BCUT2D eigenvalue weighted by atomic mass is 10.0. The highest BCUT2D eigenvalue weighted by molar-refractivity contribution is 7.90. The molecule has 0 fully saturated rings. The largest absolute Gasteiger partial charge is 0.446 e. The number of fused-ring (bicyclic) bond motifs is 1. The third-order valence-electron chi connectivity index (χ3n) is 5.47. The van der Waals surface area contributed by atoms with Gasteiger partial charge in [0.25, 0.3) is 0 Å². The molecule has 1 aliphatic rings. The number of benzene rings is 2. The maximum Gasteiger partial charge on any atom is 0.414 e. The Labute approximate surface area is 183 Å². The van der Waals surface area contributed by atoms with Crippen molar-refractivity contribution in [2.45, 2.75) is 51.2 Å². The molecule has 0 aliphatic carbocycles. The maximum absolute atomic E-state index is 12.9. The van der Waals surface area contributed by atoms with E-state index < -0.39 is 15.9 Å². The number of nitrogens with zero attached hydrogens (tertiary/aromatic N) is 2. The normalized spacial score (nSPS) is 17.1. The molecule has 0 aromatic heterocycles. The van der Waals surface area contributed by atoms with E-state index >= 15 is 0 Å². The SMILES string of the molecule is CCC(C)OC(=O)N1C[C@H](C)N(C(C)=O)c2ccc(-c3ccc(S(C)(=O)=O)cc3)cc21. The summed E-state index contributed by atoms with van der Waals surface area (Å²) < 4.78 is 29.0. The Bertz CT molecular complexity index is 1100. The molecule has 0 saturated heterocycles. The van der Waals surface area contributed by atoms with E-state index in [9.17, 15) is 18.0 Å². The van der Waals surface area contributed by atoms with Crippen LogP contribution >= 0.6 is 0 Å². The van der Waals surface area contributed by atoms with Crippen LogP contribution in [0.15, 0.2) is 47.4 Å². The number of hydrogen-bond donors (Lipinski definition) is 0. The van der Waals surface area contributed by atoms with Crippen molar-refractivity contribution < 1.29 is 22.7 Å². The summed E-state index contributed by atoms with van der Waals surface area (Å²) in [5, 5.41) is 0. The van der Waals surface area contributed by atoms with Crippen LogP contribution in [0.3, 0.4) is 0 Å². The van der Waals surface area contributed by atoms with Crippen LogP contribution in [-0.2, 0) is 19.4 Å². The Balaban J connectivity index is 2.06. The molecule has 2 amide bonds. The summed E-state index contributed by atoms with van der Waals surface area (Å²) in [6, 6.07) is 11.9. The Morgan fingerprint density at radius 2 is 1.71 bits per heavy atom. The molecule has 2 aromatic carbocycles. The molecule has 8 heteroatoms. The highest BCUT2D eigenvalue weighted by atomic mass is 32.2. The first-order valence-corrected chi connectivity index (χ1v) is 12.1. The molecule has 0 bridgehead atoms. The van der Waals surface area contributed by atoms with E-state index in [-0.39, 0.29) is 22.9 Å². The van der Waals surface area contributed by atoms with Gasteiger partial charge < -0.3 is 9.64 Å². The van der Waals surface area contributed by atoms with Crippen molar-refractivity contribution in [1.82, 2.24) is 0 Å². The Morgan fingerprint density at radius 3 is 2.26 bits per heavy atom. The number of carbonyl (C=O) groups excluding carboxylic acids is 2.